The summed E-state index contributed by atoms with van der Waals surface area (Å²) in [6, 6.07) is 10.9. The van der Waals surface area contributed by atoms with Gasteiger partial charge in [-0.2, -0.15) is 0 Å². The van der Waals surface area contributed by atoms with Crippen molar-refractivity contribution in [1.29, 1.82) is 0 Å². The predicted molar refractivity (Wildman–Crippen MR) is 271 cm³/mol. The summed E-state index contributed by atoms with van der Waals surface area (Å²) in [5.74, 6) is -6.85. The average Bonchev–Trinajstić information content (AvgIpc) is 3.33. The molecule has 3 rings (SSSR count). The van der Waals surface area contributed by atoms with Crippen LogP contribution in [0.25, 0.3) is 0 Å². The van der Waals surface area contributed by atoms with E-state index in [1.54, 1.807) is 43.9 Å². The fourth-order valence-corrected chi connectivity index (χ4v) is 8.16. The van der Waals surface area contributed by atoms with Crippen molar-refractivity contribution in [1.82, 2.24) is 45.8 Å². The first-order chi connectivity index (χ1) is 35.2. The summed E-state index contributed by atoms with van der Waals surface area (Å²) in [5, 5.41) is 57.4. The van der Waals surface area contributed by atoms with E-state index in [2.05, 4.69) is 37.2 Å². The number of ketones is 1. The highest BCUT2D eigenvalue weighted by molar-refractivity contribution is 9.10. The lowest BCUT2D eigenvalue weighted by Crippen LogP contribution is -2.50. The Morgan fingerprint density at radius 2 is 1.05 bits per heavy atom. The summed E-state index contributed by atoms with van der Waals surface area (Å²) in [5.41, 5.74) is 1.98. The van der Waals surface area contributed by atoms with Gasteiger partial charge in [0.15, 0.2) is 5.78 Å². The smallest absolute Gasteiger partial charge is 0.326 e. The molecule has 2 aromatic rings. The number of benzene rings is 2. The summed E-state index contributed by atoms with van der Waals surface area (Å²) in [7, 11) is 0. The molecule has 0 aromatic heterocycles. The Labute approximate surface area is 437 Å². The lowest BCUT2D eigenvalue weighted by Gasteiger charge is -2.32. The van der Waals surface area contributed by atoms with Crippen LogP contribution in [0.15, 0.2) is 53.0 Å². The van der Waals surface area contributed by atoms with Crippen molar-refractivity contribution in [3.63, 3.8) is 0 Å². The topological polar surface area (TPSA) is 336 Å². The third kappa shape index (κ3) is 25.9. The molecule has 1 aliphatic rings. The van der Waals surface area contributed by atoms with Crippen LogP contribution in [0, 0.1) is 0 Å². The van der Waals surface area contributed by atoms with Gasteiger partial charge in [0.25, 0.3) is 5.91 Å². The average molecular weight is 1110 g/mol. The number of hydrogen-bond acceptors (Lipinski definition) is 14. The maximum Gasteiger partial charge on any atom is 0.326 e. The summed E-state index contributed by atoms with van der Waals surface area (Å²) >= 11 is 3.42. The molecule has 0 unspecified atom stereocenters. The molecule has 2 aromatic carbocycles. The molecule has 5 amide bonds. The number of unbranched alkanes of at least 4 members (excludes halogenated alkanes) is 2. The largest absolute Gasteiger partial charge is 0.481 e. The number of carbonyl (C=O) groups is 10. The van der Waals surface area contributed by atoms with E-state index in [1.807, 2.05) is 29.2 Å². The van der Waals surface area contributed by atoms with Crippen LogP contribution in [0.3, 0.4) is 0 Å². The van der Waals surface area contributed by atoms with Crippen LogP contribution in [0.2, 0.25) is 0 Å². The molecule has 1 fully saturated rings. The molecular weight excluding hydrogens is 1030 g/mol. The van der Waals surface area contributed by atoms with Crippen LogP contribution >= 0.6 is 15.9 Å². The molecule has 0 aliphatic carbocycles. The molecule has 25 heteroatoms. The highest BCUT2D eigenvalue weighted by Gasteiger charge is 2.25. The van der Waals surface area contributed by atoms with Gasteiger partial charge < -0.3 is 51.7 Å². The van der Waals surface area contributed by atoms with E-state index < -0.39 is 53.7 Å². The zero-order chi connectivity index (χ0) is 54.6. The second-order valence-corrected chi connectivity index (χ2v) is 18.9. The maximum absolute atomic E-state index is 13.9. The Kier molecular flexibility index (Phi) is 27.8. The highest BCUT2D eigenvalue weighted by Crippen LogP contribution is 2.17. The summed E-state index contributed by atoms with van der Waals surface area (Å²) in [6.07, 6.45) is 1.36. The van der Waals surface area contributed by atoms with E-state index in [9.17, 15) is 68.4 Å². The molecule has 1 saturated heterocycles. The van der Waals surface area contributed by atoms with E-state index in [1.165, 1.54) is 6.92 Å². The molecule has 24 nitrogen and oxygen atoms in total. The second kappa shape index (κ2) is 33.3. The number of aliphatic carboxylic acids is 5. The number of rotatable bonds is 30. The van der Waals surface area contributed by atoms with Crippen LogP contribution < -0.4 is 21.3 Å². The van der Waals surface area contributed by atoms with Gasteiger partial charge >= 0.3 is 35.9 Å². The van der Waals surface area contributed by atoms with Gasteiger partial charge in [0, 0.05) is 101 Å². The zero-order valence-corrected chi connectivity index (χ0v) is 43.3. The number of carboxylic acid groups (broad SMARTS) is 5. The van der Waals surface area contributed by atoms with Gasteiger partial charge in [0.1, 0.15) is 6.04 Å². The Morgan fingerprint density at radius 1 is 0.554 bits per heavy atom. The first-order valence-electron chi connectivity index (χ1n) is 24.4. The Bertz CT molecular complexity index is 2170. The Balaban J connectivity index is 1.48. The number of nitrogens with zero attached hydrogens (tertiary/aromatic N) is 5. The molecule has 408 valence electrons. The molecule has 2 atom stereocenters. The molecule has 0 bridgehead atoms. The molecule has 1 aliphatic heterocycles. The van der Waals surface area contributed by atoms with Gasteiger partial charge in [-0.05, 0) is 80.8 Å². The first kappa shape index (κ1) is 61.8. The van der Waals surface area contributed by atoms with Gasteiger partial charge in [0.05, 0.1) is 32.2 Å². The molecule has 0 saturated carbocycles. The van der Waals surface area contributed by atoms with Crippen LogP contribution in [-0.4, -0.2) is 213 Å². The van der Waals surface area contributed by atoms with Crippen molar-refractivity contribution < 1.29 is 73.5 Å². The van der Waals surface area contributed by atoms with Crippen LogP contribution in [0.4, 0.5) is 4.79 Å². The maximum atomic E-state index is 13.9. The molecule has 0 radical (unpaired) electrons. The van der Waals surface area contributed by atoms with E-state index in [4.69, 9.17) is 5.11 Å². The van der Waals surface area contributed by atoms with Crippen molar-refractivity contribution in [2.75, 3.05) is 91.6 Å². The van der Waals surface area contributed by atoms with Crippen LogP contribution in [0.1, 0.15) is 79.8 Å². The number of carboxylic acids is 5. The molecule has 9 N–H and O–H groups in total. The Morgan fingerprint density at radius 3 is 1.54 bits per heavy atom. The van der Waals surface area contributed by atoms with E-state index >= 15 is 0 Å². The summed E-state index contributed by atoms with van der Waals surface area (Å²) in [6.45, 7) is 3.56. The molecule has 0 spiro atoms. The van der Waals surface area contributed by atoms with Gasteiger partial charge in [-0.25, -0.2) is 9.59 Å². The fraction of sp³-hybridized carbons (Fsp3) is 0.551. The zero-order valence-electron chi connectivity index (χ0n) is 41.7. The quantitative estimate of drug-likeness (QED) is 0.0497. The van der Waals surface area contributed by atoms with Gasteiger partial charge in [0.2, 0.25) is 11.8 Å². The van der Waals surface area contributed by atoms with Gasteiger partial charge in [-0.1, -0.05) is 40.2 Å². The monoisotopic (exact) mass is 1100 g/mol. The number of hydrogen-bond donors (Lipinski definition) is 9. The Hall–Kier alpha value is -6.54. The lowest BCUT2D eigenvalue weighted by molar-refractivity contribution is -0.140. The van der Waals surface area contributed by atoms with Crippen LogP contribution in [-0.2, 0) is 51.4 Å². The number of carbonyl (C=O) groups excluding carboxylic acids is 5. The molecular formula is C49H70BrN9O15. The standard InChI is InChI=1S/C49H70BrN9O15/c1-34(60)39(16-17-43(63)64)53-49(74)54-40(48(72)73)6-3-5-19-59(29-36-10-14-38(50)15-11-36)47(71)37-12-8-35(9-13-37)28-52-41(61)7-2-4-18-51-42(62)30-55-20-22-56(31-44(65)66)24-26-58(33-46(69)70)27-25-57(23-21-55)32-45(67)68/h8-15,39-40H,2-7,16-33H2,1H3,(H,51,62)(H,52,61)(H,63,64)(H,65,66)(H,67,68)(H,69,70)(H,72,73)(H2,53,54,74)/t39-,40-/m1/s1. The third-order valence-corrected chi connectivity index (χ3v) is 12.5. The van der Waals surface area contributed by atoms with Crippen LogP contribution in [0.5, 0.6) is 0 Å². The number of nitrogens with one attached hydrogen (secondary N) is 4. The number of Topliss-reactive ketones (excluding diaryl/α,β-unsaturated/α-hetero) is 1. The normalized spacial score (nSPS) is 15.0. The predicted octanol–water partition coefficient (Wildman–Crippen LogP) is 1.21. The van der Waals surface area contributed by atoms with Crippen molar-refractivity contribution in [3.05, 3.63) is 69.7 Å². The number of halogens is 1. The minimum absolute atomic E-state index is 0.0127. The van der Waals surface area contributed by atoms with Gasteiger partial charge in [-0.3, -0.25) is 58.0 Å². The fourth-order valence-electron chi connectivity index (χ4n) is 7.89. The van der Waals surface area contributed by atoms with Crippen molar-refractivity contribution >= 4 is 75.3 Å². The SMILES string of the molecule is CC(=O)[C@@H](CCC(=O)O)NC(=O)N[C@H](CCCCN(Cc1ccc(Br)cc1)C(=O)c1ccc(CNC(=O)CCCCNC(=O)CN2CCN(CC(=O)O)CCN(CC(=O)O)CCN(CC(=O)O)CC2)cc1)C(=O)O. The lowest BCUT2D eigenvalue weighted by atomic mass is 10.1. The van der Waals surface area contributed by atoms with E-state index in [0.717, 1.165) is 15.6 Å². The third-order valence-electron chi connectivity index (χ3n) is 12.0. The summed E-state index contributed by atoms with van der Waals surface area (Å²) in [4.78, 5) is 130. The highest BCUT2D eigenvalue weighted by atomic mass is 79.9. The minimum atomic E-state index is -1.31. The van der Waals surface area contributed by atoms with E-state index in [0.29, 0.717) is 50.9 Å². The number of amides is 5. The van der Waals surface area contributed by atoms with E-state index in [-0.39, 0.29) is 128 Å². The summed E-state index contributed by atoms with van der Waals surface area (Å²) < 4.78 is 0.856. The minimum Gasteiger partial charge on any atom is -0.481 e. The first-order valence-corrected chi connectivity index (χ1v) is 25.2. The second-order valence-electron chi connectivity index (χ2n) is 18.0. The van der Waals surface area contributed by atoms with Crippen molar-refractivity contribution in [2.24, 2.45) is 0 Å². The van der Waals surface area contributed by atoms with Crippen molar-refractivity contribution in [2.45, 2.75) is 83.5 Å². The number of urea groups is 1. The van der Waals surface area contributed by atoms with Gasteiger partial charge in [-0.15, -0.1) is 0 Å². The molecule has 1 heterocycles. The molecule has 74 heavy (non-hydrogen) atoms. The van der Waals surface area contributed by atoms with Crippen molar-refractivity contribution in [3.8, 4) is 0 Å².